The van der Waals surface area contributed by atoms with Gasteiger partial charge < -0.3 is 15.2 Å². The number of hydrogen-bond acceptors (Lipinski definition) is 5. The average Bonchev–Trinajstić information content (AvgIpc) is 2.87. The molecule has 0 aliphatic heterocycles. The third-order valence-electron chi connectivity index (χ3n) is 2.58. The van der Waals surface area contributed by atoms with E-state index in [9.17, 15) is 4.79 Å². The smallest absolute Gasteiger partial charge is 0.271 e. The molecule has 7 nitrogen and oxygen atoms in total. The van der Waals surface area contributed by atoms with Crippen molar-refractivity contribution in [2.45, 2.75) is 20.0 Å². The summed E-state index contributed by atoms with van der Waals surface area (Å²) in [6.07, 6.45) is -0.00734. The van der Waals surface area contributed by atoms with Gasteiger partial charge in [0, 0.05) is 5.56 Å². The molecule has 0 radical (unpaired) electrons. The molecule has 2 aromatic rings. The Hall–Kier alpha value is -2.57. The van der Waals surface area contributed by atoms with E-state index in [0.717, 1.165) is 0 Å². The zero-order chi connectivity index (χ0) is 14.7. The minimum absolute atomic E-state index is 0.00734. The van der Waals surface area contributed by atoms with Crippen molar-refractivity contribution in [3.05, 3.63) is 23.9 Å². The molecular formula is C13H16N4O3. The number of hydrogen-bond donors (Lipinski definition) is 2. The maximum atomic E-state index is 11.3. The lowest BCUT2D eigenvalue weighted by molar-refractivity contribution is 0.0996. The molecule has 0 bridgehead atoms. The fourth-order valence-corrected chi connectivity index (χ4v) is 1.77. The summed E-state index contributed by atoms with van der Waals surface area (Å²) in [5, 5.41) is 10.1. The summed E-state index contributed by atoms with van der Waals surface area (Å²) < 4.78 is 10.9. The maximum absolute atomic E-state index is 11.3. The van der Waals surface area contributed by atoms with Crippen molar-refractivity contribution < 1.29 is 14.3 Å². The van der Waals surface area contributed by atoms with Crippen LogP contribution in [0.15, 0.2) is 18.2 Å². The summed E-state index contributed by atoms with van der Waals surface area (Å²) in [4.78, 5) is 11.3. The first-order valence-corrected chi connectivity index (χ1v) is 6.08. The number of benzene rings is 1. The third-order valence-corrected chi connectivity index (χ3v) is 2.58. The third kappa shape index (κ3) is 2.71. The molecule has 3 N–H and O–H groups in total. The van der Waals surface area contributed by atoms with Crippen LogP contribution >= 0.6 is 0 Å². The highest BCUT2D eigenvalue weighted by Gasteiger charge is 2.17. The van der Waals surface area contributed by atoms with Gasteiger partial charge >= 0.3 is 0 Å². The molecule has 1 aromatic carbocycles. The summed E-state index contributed by atoms with van der Waals surface area (Å²) in [5.74, 6) is 0.529. The van der Waals surface area contributed by atoms with Crippen LogP contribution in [0.1, 0.15) is 24.3 Å². The van der Waals surface area contributed by atoms with Crippen molar-refractivity contribution in [3.63, 3.8) is 0 Å². The Bertz CT molecular complexity index is 622. The number of carbonyl (C=O) groups excluding carboxylic acids is 1. The van der Waals surface area contributed by atoms with Crippen molar-refractivity contribution >= 4 is 5.91 Å². The van der Waals surface area contributed by atoms with Crippen LogP contribution in [-0.2, 0) is 0 Å². The fraction of sp³-hybridized carbons (Fsp3) is 0.308. The van der Waals surface area contributed by atoms with Gasteiger partial charge in [-0.05, 0) is 32.0 Å². The van der Waals surface area contributed by atoms with Crippen molar-refractivity contribution in [3.8, 4) is 22.8 Å². The van der Waals surface area contributed by atoms with Crippen LogP contribution < -0.4 is 15.2 Å². The highest BCUT2D eigenvalue weighted by molar-refractivity contribution is 5.96. The summed E-state index contributed by atoms with van der Waals surface area (Å²) in [6, 6.07) is 5.24. The summed E-state index contributed by atoms with van der Waals surface area (Å²) in [6.45, 7) is 3.83. The number of aromatic amines is 1. The normalized spacial score (nSPS) is 10.6. The molecule has 0 saturated carbocycles. The molecule has 106 valence electrons. The Labute approximate surface area is 116 Å². The van der Waals surface area contributed by atoms with Gasteiger partial charge in [-0.25, -0.2) is 0 Å². The largest absolute Gasteiger partial charge is 0.493 e. The summed E-state index contributed by atoms with van der Waals surface area (Å²) in [7, 11) is 1.56. The summed E-state index contributed by atoms with van der Waals surface area (Å²) in [5.41, 5.74) is 6.40. The Morgan fingerprint density at radius 2 is 2.05 bits per heavy atom. The van der Waals surface area contributed by atoms with E-state index >= 15 is 0 Å². The molecule has 1 aromatic heterocycles. The molecule has 0 unspecified atom stereocenters. The zero-order valence-corrected chi connectivity index (χ0v) is 11.5. The number of nitrogens with one attached hydrogen (secondary N) is 1. The zero-order valence-electron chi connectivity index (χ0n) is 11.5. The fourth-order valence-electron chi connectivity index (χ4n) is 1.77. The van der Waals surface area contributed by atoms with Gasteiger partial charge in [-0.3, -0.25) is 4.79 Å². The van der Waals surface area contributed by atoms with Crippen molar-refractivity contribution in [2.75, 3.05) is 7.11 Å². The van der Waals surface area contributed by atoms with Crippen LogP contribution in [0.5, 0.6) is 11.5 Å². The molecule has 0 fully saturated rings. The second-order valence-corrected chi connectivity index (χ2v) is 4.42. The number of nitrogens with two attached hydrogens (primary N) is 1. The Balaban J connectivity index is 2.47. The summed E-state index contributed by atoms with van der Waals surface area (Å²) >= 11 is 0. The van der Waals surface area contributed by atoms with Crippen LogP contribution in [0.4, 0.5) is 0 Å². The molecule has 1 heterocycles. The van der Waals surface area contributed by atoms with E-state index in [0.29, 0.717) is 22.8 Å². The van der Waals surface area contributed by atoms with Gasteiger partial charge in [0.1, 0.15) is 5.69 Å². The molecule has 0 saturated heterocycles. The molecule has 1 amide bonds. The van der Waals surface area contributed by atoms with Crippen molar-refractivity contribution in [1.82, 2.24) is 15.4 Å². The van der Waals surface area contributed by atoms with Gasteiger partial charge in [-0.1, -0.05) is 0 Å². The number of rotatable bonds is 5. The SMILES string of the molecule is COc1ccc(-c2n[nH]nc2C(N)=O)cc1OC(C)C. The number of ether oxygens (including phenoxy) is 2. The van der Waals surface area contributed by atoms with Gasteiger partial charge in [-0.2, -0.15) is 15.4 Å². The topological polar surface area (TPSA) is 103 Å². The maximum Gasteiger partial charge on any atom is 0.271 e. The molecule has 0 aliphatic rings. The standard InChI is InChI=1S/C13H16N4O3/c1-7(2)20-10-6-8(4-5-9(10)19-3)11-12(13(14)18)16-17-15-11/h4-7H,1-3H3,(H2,14,18)(H,15,16,17). The van der Waals surface area contributed by atoms with E-state index in [1.807, 2.05) is 13.8 Å². The van der Waals surface area contributed by atoms with E-state index in [1.54, 1.807) is 25.3 Å². The van der Waals surface area contributed by atoms with E-state index < -0.39 is 5.91 Å². The van der Waals surface area contributed by atoms with Crippen molar-refractivity contribution in [1.29, 1.82) is 0 Å². The van der Waals surface area contributed by atoms with Gasteiger partial charge in [0.25, 0.3) is 5.91 Å². The predicted molar refractivity (Wildman–Crippen MR) is 72.7 cm³/mol. The van der Waals surface area contributed by atoms with Gasteiger partial charge in [0.05, 0.1) is 13.2 Å². The highest BCUT2D eigenvalue weighted by Crippen LogP contribution is 2.33. The molecule has 2 rings (SSSR count). The number of H-pyrrole nitrogens is 1. The van der Waals surface area contributed by atoms with Crippen molar-refractivity contribution in [2.24, 2.45) is 5.73 Å². The first kappa shape index (κ1) is 13.9. The molecule has 0 spiro atoms. The molecule has 0 aliphatic carbocycles. The first-order chi connectivity index (χ1) is 9.52. The Morgan fingerprint density at radius 1 is 1.30 bits per heavy atom. The molecule has 20 heavy (non-hydrogen) atoms. The lowest BCUT2D eigenvalue weighted by atomic mass is 10.1. The number of primary amides is 1. The second kappa shape index (κ2) is 5.60. The Kier molecular flexibility index (Phi) is 3.88. The number of aromatic nitrogens is 3. The monoisotopic (exact) mass is 276 g/mol. The van der Waals surface area contributed by atoms with Gasteiger partial charge in [-0.15, -0.1) is 0 Å². The Morgan fingerprint density at radius 3 is 2.65 bits per heavy atom. The highest BCUT2D eigenvalue weighted by atomic mass is 16.5. The van der Waals surface area contributed by atoms with Crippen LogP contribution in [0.2, 0.25) is 0 Å². The first-order valence-electron chi connectivity index (χ1n) is 6.08. The quantitative estimate of drug-likeness (QED) is 0.858. The van der Waals surface area contributed by atoms with E-state index in [-0.39, 0.29) is 11.8 Å². The van der Waals surface area contributed by atoms with Crippen LogP contribution in [0, 0.1) is 0 Å². The second-order valence-electron chi connectivity index (χ2n) is 4.42. The van der Waals surface area contributed by atoms with Gasteiger partial charge in [0.15, 0.2) is 17.2 Å². The van der Waals surface area contributed by atoms with E-state index in [2.05, 4.69) is 15.4 Å². The number of amides is 1. The van der Waals surface area contributed by atoms with E-state index in [1.165, 1.54) is 0 Å². The van der Waals surface area contributed by atoms with Gasteiger partial charge in [0.2, 0.25) is 0 Å². The molecule has 7 heteroatoms. The average molecular weight is 276 g/mol. The lowest BCUT2D eigenvalue weighted by Crippen LogP contribution is -2.13. The number of methoxy groups -OCH3 is 1. The number of nitrogens with zero attached hydrogens (tertiary/aromatic N) is 2. The molecule has 0 atom stereocenters. The molecular weight excluding hydrogens is 260 g/mol. The predicted octanol–water partition coefficient (Wildman–Crippen LogP) is 1.37. The minimum atomic E-state index is -0.643. The van der Waals surface area contributed by atoms with Crippen LogP contribution in [0.3, 0.4) is 0 Å². The lowest BCUT2D eigenvalue weighted by Gasteiger charge is -2.14. The van der Waals surface area contributed by atoms with E-state index in [4.69, 9.17) is 15.2 Å². The number of carbonyl (C=O) groups is 1. The van der Waals surface area contributed by atoms with Crippen LogP contribution in [-0.4, -0.2) is 34.5 Å². The van der Waals surface area contributed by atoms with Crippen LogP contribution in [0.25, 0.3) is 11.3 Å². The minimum Gasteiger partial charge on any atom is -0.493 e.